The van der Waals surface area contributed by atoms with Crippen molar-refractivity contribution < 1.29 is 105 Å². The number of amides is 9. The van der Waals surface area contributed by atoms with Gasteiger partial charge in [-0.15, -0.1) is 0 Å². The van der Waals surface area contributed by atoms with Crippen LogP contribution in [0.4, 0.5) is 40.6 Å². The Morgan fingerprint density at radius 3 is 1.25 bits per heavy atom. The average molecular weight is 1890 g/mol. The highest BCUT2D eigenvalue weighted by Crippen LogP contribution is 2.48. The van der Waals surface area contributed by atoms with Crippen LogP contribution in [-0.2, 0) is 71.5 Å². The van der Waals surface area contributed by atoms with E-state index in [4.69, 9.17) is 37.9 Å². The molecule has 18 rings (SSSR count). The molecule has 12 aromatic rings. The van der Waals surface area contributed by atoms with E-state index in [0.29, 0.717) is 65.1 Å². The van der Waals surface area contributed by atoms with E-state index in [1.54, 1.807) is 74.9 Å². The van der Waals surface area contributed by atoms with Crippen LogP contribution < -0.4 is 31.9 Å². The van der Waals surface area contributed by atoms with Gasteiger partial charge in [0.2, 0.25) is 17.7 Å². The number of nitrogens with one attached hydrogen (secondary N) is 6. The Morgan fingerprint density at radius 1 is 0.406 bits per heavy atom. The summed E-state index contributed by atoms with van der Waals surface area (Å²) in [7, 11) is 4.77. The van der Waals surface area contributed by atoms with Gasteiger partial charge in [0, 0.05) is 83.0 Å². The van der Waals surface area contributed by atoms with E-state index in [1.807, 2.05) is 120 Å². The molecule has 0 spiro atoms. The number of aromatic carboxylic acids is 3. The van der Waals surface area contributed by atoms with Crippen LogP contribution in [0.1, 0.15) is 116 Å². The van der Waals surface area contributed by atoms with Gasteiger partial charge in [0.15, 0.2) is 82.3 Å². The molecule has 716 valence electrons. The molecule has 138 heavy (non-hydrogen) atoms. The largest absolute Gasteiger partial charge is 0.478 e. The van der Waals surface area contributed by atoms with Crippen LogP contribution in [0, 0.1) is 17.6 Å². The summed E-state index contributed by atoms with van der Waals surface area (Å²) in [5, 5.41) is 44.6. The maximum Gasteiger partial charge on any atom is 0.336 e. The second-order valence-corrected chi connectivity index (χ2v) is 32.9. The number of nitrogens with zero attached hydrogens (tertiary/aromatic N) is 15. The number of anilines is 3. The second-order valence-electron chi connectivity index (χ2n) is 32.9. The molecule has 5 saturated heterocycles. The van der Waals surface area contributed by atoms with Gasteiger partial charge >= 0.3 is 36.0 Å². The summed E-state index contributed by atoms with van der Waals surface area (Å²) in [6, 6.07) is 41.1. The number of fused-ring (bicyclic) bond motifs is 6. The van der Waals surface area contributed by atoms with Crippen molar-refractivity contribution in [2.45, 2.75) is 133 Å². The topological polar surface area (TPSA) is 501 Å². The Balaban J connectivity index is 0.000000150. The molecule has 0 bridgehead atoms. The third-order valence-corrected chi connectivity index (χ3v) is 23.9. The molecule has 41 nitrogen and oxygen atoms in total. The van der Waals surface area contributed by atoms with Crippen LogP contribution in [0.2, 0.25) is 0 Å². The first-order valence-electron chi connectivity index (χ1n) is 44.3. The fourth-order valence-corrected chi connectivity index (χ4v) is 17.3. The molecule has 6 fully saturated rings. The first-order valence-corrected chi connectivity index (χ1v) is 44.3. The van der Waals surface area contributed by atoms with E-state index in [-0.39, 0.29) is 89.2 Å². The fourth-order valence-electron chi connectivity index (χ4n) is 17.3. The maximum absolute atomic E-state index is 14.6. The quantitative estimate of drug-likeness (QED) is 0.0210. The highest BCUT2D eigenvalue weighted by atomic mass is 19.1. The number of benzene rings is 6. The van der Waals surface area contributed by atoms with Crippen LogP contribution in [-0.4, -0.2) is 264 Å². The SMILES string of the molecule is CCNC(=O)Nc1ncnc2c1ncn2C1CC(CN(C)C(=O)Cc2c(F)cccc2C(=O)O)C2O[C@H](/C=C/c3ccccc3)OC21.CCNC(=O)Nc1ncnc2c1ncn2C1OC(CN(C)C(=O)Cc2c(F)cccc2C(=O)O)C2O[C@H](c3ccccc3)OC21.CCNC(=O)Nc1ncnc2c1ncn2C1OC(CN(C)C(=O)Cc2ccccc2C(=O)O)C2O[C@H](/C=C/c3ccccc3)OC21. The molecule has 6 aromatic carbocycles. The summed E-state index contributed by atoms with van der Waals surface area (Å²) in [4.78, 5) is 155. The molecule has 1 saturated carbocycles. The number of carbonyl (C=O) groups is 9. The highest BCUT2D eigenvalue weighted by molar-refractivity contribution is 5.99. The standard InChI is InChI=1S/C33H34FN7O6.C32H33N7O7.C30H30FN7O7/c1-3-35-33(45)39-30-27-31(37-17-36-30)41(18-38-27)24-14-20(28-29(24)47-26(46-28)13-12-19-8-5-4-6-9-19)16-40(2)25(42)15-22-21(32(43)44)10-7-11-23(22)34;1-3-33-32(43)37-28-25-29(35-17-34-28)39(18-36-25)30-27-26(45-24(46-27)14-13-19-9-5-4-6-10-19)22(44-30)16-38(2)23(40)15-20-11-7-8-12-21(20)31(41)42;1-3-32-30(42)36-25-22-26(34-14-33-25)38(15-35-22)27-24-23(44-29(45-24)16-8-5-4-6-9-16)20(43-27)13-37(2)21(39)12-18-17(28(40)41)10-7-11-19(18)31/h4-13,17-18,20,24,26,28-29H,3,14-16H2,1-2H3,(H,43,44)(H2,35,36,37,39,45);4-14,17-18,22,24,26-27,30H,3,15-16H2,1-2H3,(H,41,42)(H2,33,34,35,37,43);4-11,14-15,20,23-24,27,29H,3,12-13H2,1-2H3,(H,40,41)(H2,32,33,34,36,42)/b13-12+;14-13+;/t20?,24?,26-,28?,29?;22?,24-,26?,27?,30?;20?,23?,24?,27?,29-/m000/s1. The summed E-state index contributed by atoms with van der Waals surface area (Å²) in [5.41, 5.74) is 4.75. The molecule has 5 aliphatic heterocycles. The molecule has 0 radical (unpaired) electrons. The Labute approximate surface area is 785 Å². The Kier molecular flexibility index (Phi) is 29.9. The van der Waals surface area contributed by atoms with Crippen molar-refractivity contribution in [2.75, 3.05) is 76.4 Å². The molecule has 6 aromatic heterocycles. The highest BCUT2D eigenvalue weighted by Gasteiger charge is 2.57. The minimum atomic E-state index is -1.33. The smallest absolute Gasteiger partial charge is 0.336 e. The number of hydrogen-bond acceptors (Lipinski definition) is 26. The number of rotatable bonds is 29. The average Bonchev–Trinajstić information content (AvgIpc) is 1.61. The third kappa shape index (κ3) is 21.5. The van der Waals surface area contributed by atoms with Gasteiger partial charge in [-0.3, -0.25) is 39.5 Å². The van der Waals surface area contributed by atoms with Crippen molar-refractivity contribution in [3.8, 4) is 0 Å². The third-order valence-electron chi connectivity index (χ3n) is 23.9. The van der Waals surface area contributed by atoms with Crippen LogP contribution in [0.25, 0.3) is 45.6 Å². The lowest BCUT2D eigenvalue weighted by molar-refractivity contribution is -0.153. The molecule has 1 aliphatic carbocycles. The number of ether oxygens (including phenoxy) is 8. The van der Waals surface area contributed by atoms with Crippen LogP contribution in [0.3, 0.4) is 0 Å². The Hall–Kier alpha value is -15.4. The predicted octanol–water partition coefficient (Wildman–Crippen LogP) is 9.86. The molecular formula is C95H97F2N21O20. The number of urea groups is 3. The van der Waals surface area contributed by atoms with Gasteiger partial charge in [-0.1, -0.05) is 133 Å². The lowest BCUT2D eigenvalue weighted by Crippen LogP contribution is -2.41. The van der Waals surface area contributed by atoms with Crippen molar-refractivity contribution in [1.82, 2.24) is 89.2 Å². The zero-order valence-electron chi connectivity index (χ0n) is 75.2. The summed E-state index contributed by atoms with van der Waals surface area (Å²) in [6.07, 6.45) is 7.50. The first-order chi connectivity index (χ1) is 66.8. The number of carbonyl (C=O) groups excluding carboxylic acids is 6. The number of halogens is 2. The predicted molar refractivity (Wildman–Crippen MR) is 490 cm³/mol. The van der Waals surface area contributed by atoms with E-state index in [1.165, 1.54) is 77.4 Å². The van der Waals surface area contributed by atoms with E-state index >= 15 is 0 Å². The summed E-state index contributed by atoms with van der Waals surface area (Å²) in [6.45, 7) is 7.13. The van der Waals surface area contributed by atoms with Crippen LogP contribution in [0.15, 0.2) is 202 Å². The monoisotopic (exact) mass is 1890 g/mol. The van der Waals surface area contributed by atoms with Gasteiger partial charge in [-0.25, -0.2) is 82.4 Å². The number of hydrogen-bond donors (Lipinski definition) is 9. The Morgan fingerprint density at radius 2 is 0.783 bits per heavy atom. The number of imidazole rings is 3. The van der Waals surface area contributed by atoms with Crippen molar-refractivity contribution in [3.63, 3.8) is 0 Å². The van der Waals surface area contributed by atoms with E-state index in [2.05, 4.69) is 76.8 Å². The van der Waals surface area contributed by atoms with Crippen molar-refractivity contribution >= 4 is 117 Å². The molecule has 43 heteroatoms. The fraction of sp³-hybridized carbons (Fsp3) is 0.326. The zero-order valence-corrected chi connectivity index (χ0v) is 75.2. The van der Waals surface area contributed by atoms with Crippen LogP contribution >= 0.6 is 0 Å². The van der Waals surface area contributed by atoms with E-state index in [0.717, 1.165) is 28.8 Å². The zero-order chi connectivity index (χ0) is 97.0. The van der Waals surface area contributed by atoms with Crippen molar-refractivity contribution in [1.29, 1.82) is 0 Å². The van der Waals surface area contributed by atoms with E-state index in [9.17, 15) is 67.3 Å². The van der Waals surface area contributed by atoms with Gasteiger partial charge in [0.25, 0.3) is 0 Å². The number of carboxylic acid groups (broad SMARTS) is 3. The van der Waals surface area contributed by atoms with Gasteiger partial charge in [-0.05, 0) is 86.4 Å². The first kappa shape index (κ1) is 95.8. The van der Waals surface area contributed by atoms with Gasteiger partial charge in [0.05, 0.1) is 67.1 Å². The number of aromatic nitrogens is 12. The normalized spacial score (nSPS) is 22.1. The van der Waals surface area contributed by atoms with E-state index < -0.39 is 152 Å². The van der Waals surface area contributed by atoms with Gasteiger partial charge in [0.1, 0.15) is 73.3 Å². The molecule has 9 amide bonds. The summed E-state index contributed by atoms with van der Waals surface area (Å²) < 4.78 is 85.6. The molecular weight excluding hydrogens is 1790 g/mol. The molecule has 12 unspecified atom stereocenters. The maximum atomic E-state index is 14.6. The minimum Gasteiger partial charge on any atom is -0.478 e. The van der Waals surface area contributed by atoms with Crippen molar-refractivity contribution in [3.05, 3.63) is 263 Å². The number of carboxylic acids is 3. The lowest BCUT2D eigenvalue weighted by atomic mass is 10.0. The summed E-state index contributed by atoms with van der Waals surface area (Å²) >= 11 is 0. The Bertz CT molecular complexity index is 6540. The summed E-state index contributed by atoms with van der Waals surface area (Å²) in [5.74, 6) is -5.96. The molecule has 6 aliphatic rings. The van der Waals surface area contributed by atoms with Gasteiger partial charge in [-0.2, -0.15) is 0 Å². The molecule has 11 heterocycles. The lowest BCUT2D eigenvalue weighted by Gasteiger charge is -2.25. The number of likely N-dealkylation sites (N-methyl/N-ethyl adjacent to an activating group) is 3. The second kappa shape index (κ2) is 43.1. The van der Waals surface area contributed by atoms with Gasteiger partial charge < -0.3 is 88.4 Å². The van der Waals surface area contributed by atoms with Crippen LogP contribution in [0.5, 0.6) is 0 Å². The molecule has 15 atom stereocenters. The minimum absolute atomic E-state index is 0.0316. The van der Waals surface area contributed by atoms with Crippen molar-refractivity contribution in [2.24, 2.45) is 5.92 Å². The molecule has 9 N–H and O–H groups in total.